The molecule has 0 aromatic heterocycles. The summed E-state index contributed by atoms with van der Waals surface area (Å²) < 4.78 is 5.54. The number of likely N-dealkylation sites (N-methyl/N-ethyl adjacent to an activating group) is 1. The smallest absolute Gasteiger partial charge is 0.239 e. The van der Waals surface area contributed by atoms with Crippen molar-refractivity contribution in [3.63, 3.8) is 0 Å². The molecule has 106 valence electrons. The first-order valence-corrected chi connectivity index (χ1v) is 7.25. The summed E-state index contributed by atoms with van der Waals surface area (Å²) in [5, 5.41) is 3.26. The molecule has 1 saturated heterocycles. The van der Waals surface area contributed by atoms with Crippen LogP contribution in [0.15, 0.2) is 0 Å². The zero-order valence-corrected chi connectivity index (χ0v) is 12.1. The van der Waals surface area contributed by atoms with E-state index < -0.39 is 0 Å². The Kier molecular flexibility index (Phi) is 7.28. The molecule has 0 aromatic carbocycles. The van der Waals surface area contributed by atoms with Gasteiger partial charge in [0.05, 0.1) is 6.04 Å². The highest BCUT2D eigenvalue weighted by Crippen LogP contribution is 2.12. The van der Waals surface area contributed by atoms with Crippen molar-refractivity contribution in [3.8, 4) is 0 Å². The first kappa shape index (κ1) is 15.4. The minimum atomic E-state index is 0.0420. The van der Waals surface area contributed by atoms with Crippen LogP contribution in [0.5, 0.6) is 0 Å². The second kappa shape index (κ2) is 8.48. The van der Waals surface area contributed by atoms with Gasteiger partial charge < -0.3 is 15.0 Å². The maximum atomic E-state index is 12.1. The van der Waals surface area contributed by atoms with Crippen LogP contribution in [0.4, 0.5) is 0 Å². The topological polar surface area (TPSA) is 41.6 Å². The van der Waals surface area contributed by atoms with E-state index in [1.54, 1.807) is 0 Å². The molecule has 1 fully saturated rings. The molecular formula is C14H28N2O2. The molecule has 1 aliphatic rings. The molecular weight excluding hydrogens is 228 g/mol. The maximum Gasteiger partial charge on any atom is 0.239 e. The molecule has 1 heterocycles. The largest absolute Gasteiger partial charge is 0.381 e. The van der Waals surface area contributed by atoms with Crippen LogP contribution >= 0.6 is 0 Å². The van der Waals surface area contributed by atoms with Gasteiger partial charge in [0.2, 0.25) is 5.91 Å². The van der Waals surface area contributed by atoms with Gasteiger partial charge in [0.15, 0.2) is 0 Å². The Hall–Kier alpha value is -0.610. The van der Waals surface area contributed by atoms with E-state index in [0.29, 0.717) is 5.92 Å². The van der Waals surface area contributed by atoms with Crippen LogP contribution in [0.25, 0.3) is 0 Å². The molecule has 0 radical (unpaired) electrons. The lowest BCUT2D eigenvalue weighted by Crippen LogP contribution is -2.50. The molecule has 4 nitrogen and oxygen atoms in total. The quantitative estimate of drug-likeness (QED) is 0.671. The summed E-state index contributed by atoms with van der Waals surface area (Å²) in [5.74, 6) is 0.853. The number of amides is 1. The highest BCUT2D eigenvalue weighted by atomic mass is 16.5. The second-order valence-electron chi connectivity index (χ2n) is 5.40. The first-order chi connectivity index (χ1) is 8.65. The summed E-state index contributed by atoms with van der Waals surface area (Å²) in [5.41, 5.74) is 0. The molecule has 18 heavy (non-hydrogen) atoms. The Morgan fingerprint density at radius 3 is 2.94 bits per heavy atom. The fraction of sp³-hybridized carbons (Fsp3) is 0.929. The van der Waals surface area contributed by atoms with Crippen molar-refractivity contribution in [2.75, 3.05) is 32.8 Å². The van der Waals surface area contributed by atoms with Crippen molar-refractivity contribution in [1.82, 2.24) is 10.2 Å². The average Bonchev–Trinajstić information content (AvgIpc) is 2.33. The van der Waals surface area contributed by atoms with E-state index in [-0.39, 0.29) is 11.9 Å². The Balaban J connectivity index is 2.18. The van der Waals surface area contributed by atoms with E-state index in [0.717, 1.165) is 52.1 Å². The van der Waals surface area contributed by atoms with Crippen molar-refractivity contribution in [3.05, 3.63) is 0 Å². The molecule has 1 rings (SSSR count). The SMILES string of the molecule is CCNC1CCCN(CCCOCC(C)C)C1=O. The summed E-state index contributed by atoms with van der Waals surface area (Å²) in [6.07, 6.45) is 3.03. The third-order valence-electron chi connectivity index (χ3n) is 3.15. The molecule has 0 aromatic rings. The minimum Gasteiger partial charge on any atom is -0.381 e. The van der Waals surface area contributed by atoms with E-state index in [4.69, 9.17) is 4.74 Å². The zero-order valence-electron chi connectivity index (χ0n) is 12.1. The van der Waals surface area contributed by atoms with Gasteiger partial charge in [0.25, 0.3) is 0 Å². The van der Waals surface area contributed by atoms with Crippen LogP contribution in [0.3, 0.4) is 0 Å². The summed E-state index contributed by atoms with van der Waals surface area (Å²) in [6, 6.07) is 0.0420. The molecule has 1 unspecified atom stereocenters. The van der Waals surface area contributed by atoms with E-state index in [2.05, 4.69) is 19.2 Å². The summed E-state index contributed by atoms with van der Waals surface area (Å²) >= 11 is 0. The molecule has 1 atom stereocenters. The molecule has 1 aliphatic heterocycles. The number of hydrogen-bond acceptors (Lipinski definition) is 3. The van der Waals surface area contributed by atoms with E-state index in [1.807, 2.05) is 11.8 Å². The van der Waals surface area contributed by atoms with E-state index in [1.165, 1.54) is 0 Å². The number of ether oxygens (including phenoxy) is 1. The second-order valence-corrected chi connectivity index (χ2v) is 5.40. The Bertz CT molecular complexity index is 242. The fourth-order valence-corrected chi connectivity index (χ4v) is 2.27. The predicted molar refractivity (Wildman–Crippen MR) is 73.6 cm³/mol. The van der Waals surface area contributed by atoms with Gasteiger partial charge in [-0.25, -0.2) is 0 Å². The maximum absolute atomic E-state index is 12.1. The Morgan fingerprint density at radius 1 is 1.50 bits per heavy atom. The van der Waals surface area contributed by atoms with Crippen LogP contribution in [-0.2, 0) is 9.53 Å². The van der Waals surface area contributed by atoms with Gasteiger partial charge in [-0.15, -0.1) is 0 Å². The summed E-state index contributed by atoms with van der Waals surface area (Å²) in [4.78, 5) is 14.1. The predicted octanol–water partition coefficient (Wildman–Crippen LogP) is 1.65. The lowest BCUT2D eigenvalue weighted by atomic mass is 10.0. The van der Waals surface area contributed by atoms with Crippen molar-refractivity contribution < 1.29 is 9.53 Å². The third kappa shape index (κ3) is 5.36. The molecule has 0 aliphatic carbocycles. The van der Waals surface area contributed by atoms with Crippen molar-refractivity contribution in [1.29, 1.82) is 0 Å². The monoisotopic (exact) mass is 256 g/mol. The van der Waals surface area contributed by atoms with Gasteiger partial charge in [-0.3, -0.25) is 4.79 Å². The summed E-state index contributed by atoms with van der Waals surface area (Å²) in [6.45, 7) is 10.5. The number of carbonyl (C=O) groups excluding carboxylic acids is 1. The van der Waals surface area contributed by atoms with Crippen LogP contribution in [0.1, 0.15) is 40.0 Å². The normalized spacial score (nSPS) is 20.8. The summed E-state index contributed by atoms with van der Waals surface area (Å²) in [7, 11) is 0. The molecule has 0 saturated carbocycles. The lowest BCUT2D eigenvalue weighted by Gasteiger charge is -2.32. The molecule has 0 bridgehead atoms. The molecule has 4 heteroatoms. The van der Waals surface area contributed by atoms with Gasteiger partial charge in [-0.2, -0.15) is 0 Å². The zero-order chi connectivity index (χ0) is 13.4. The number of piperidine rings is 1. The first-order valence-electron chi connectivity index (χ1n) is 7.25. The highest BCUT2D eigenvalue weighted by Gasteiger charge is 2.27. The van der Waals surface area contributed by atoms with Crippen molar-refractivity contribution in [2.45, 2.75) is 46.1 Å². The van der Waals surface area contributed by atoms with Crippen LogP contribution < -0.4 is 5.32 Å². The highest BCUT2D eigenvalue weighted by molar-refractivity contribution is 5.82. The van der Waals surface area contributed by atoms with Gasteiger partial charge in [0.1, 0.15) is 0 Å². The number of rotatable bonds is 8. The Morgan fingerprint density at radius 2 is 2.28 bits per heavy atom. The van der Waals surface area contributed by atoms with Crippen LogP contribution in [0, 0.1) is 5.92 Å². The van der Waals surface area contributed by atoms with Gasteiger partial charge in [0, 0.05) is 26.3 Å². The van der Waals surface area contributed by atoms with Crippen molar-refractivity contribution >= 4 is 5.91 Å². The lowest BCUT2D eigenvalue weighted by molar-refractivity contribution is -0.136. The number of likely N-dealkylation sites (tertiary alicyclic amines) is 1. The fourth-order valence-electron chi connectivity index (χ4n) is 2.27. The van der Waals surface area contributed by atoms with Crippen molar-refractivity contribution in [2.24, 2.45) is 5.92 Å². The van der Waals surface area contributed by atoms with E-state index >= 15 is 0 Å². The molecule has 0 spiro atoms. The standard InChI is InChI=1S/C14H28N2O2/c1-4-15-13-7-5-8-16(14(13)17)9-6-10-18-11-12(2)3/h12-13,15H,4-11H2,1-3H3. The number of hydrogen-bond donors (Lipinski definition) is 1. The number of carbonyl (C=O) groups is 1. The Labute approximate surface area is 111 Å². The molecule has 1 N–H and O–H groups in total. The number of nitrogens with zero attached hydrogens (tertiary/aromatic N) is 1. The minimum absolute atomic E-state index is 0.0420. The third-order valence-corrected chi connectivity index (χ3v) is 3.15. The van der Waals surface area contributed by atoms with Gasteiger partial charge in [-0.1, -0.05) is 20.8 Å². The number of nitrogens with one attached hydrogen (secondary N) is 1. The van der Waals surface area contributed by atoms with Crippen LogP contribution in [0.2, 0.25) is 0 Å². The van der Waals surface area contributed by atoms with Gasteiger partial charge in [-0.05, 0) is 31.7 Å². The average molecular weight is 256 g/mol. The van der Waals surface area contributed by atoms with Crippen LogP contribution in [-0.4, -0.2) is 49.7 Å². The van der Waals surface area contributed by atoms with Gasteiger partial charge >= 0.3 is 0 Å². The molecule has 1 amide bonds. The van der Waals surface area contributed by atoms with E-state index in [9.17, 15) is 4.79 Å².